The van der Waals surface area contributed by atoms with Gasteiger partial charge >= 0.3 is 0 Å². The van der Waals surface area contributed by atoms with Crippen molar-refractivity contribution in [2.24, 2.45) is 11.1 Å². The fourth-order valence-electron chi connectivity index (χ4n) is 4.19. The molecule has 0 aromatic carbocycles. The lowest BCUT2D eigenvalue weighted by atomic mass is 9.79. The monoisotopic (exact) mass is 281 g/mol. The maximum atomic E-state index is 6.29. The minimum Gasteiger partial charge on any atom is -0.329 e. The van der Waals surface area contributed by atoms with Crippen LogP contribution in [0, 0.1) is 5.41 Å². The minimum absolute atomic E-state index is 0.265. The van der Waals surface area contributed by atoms with Crippen LogP contribution in [0.15, 0.2) is 0 Å². The van der Waals surface area contributed by atoms with Crippen LogP contribution in [0.25, 0.3) is 0 Å². The van der Waals surface area contributed by atoms with E-state index in [2.05, 4.69) is 37.5 Å². The van der Waals surface area contributed by atoms with E-state index in [0.717, 1.165) is 6.54 Å². The van der Waals surface area contributed by atoms with Crippen molar-refractivity contribution >= 4 is 0 Å². The molecule has 2 saturated heterocycles. The van der Waals surface area contributed by atoms with Gasteiger partial charge in [0.25, 0.3) is 0 Å². The maximum Gasteiger partial charge on any atom is 0.0344 e. The van der Waals surface area contributed by atoms with E-state index >= 15 is 0 Å². The maximum absolute atomic E-state index is 6.29. The molecule has 3 heteroatoms. The zero-order valence-electron chi connectivity index (χ0n) is 14.1. The van der Waals surface area contributed by atoms with Crippen LogP contribution >= 0.6 is 0 Å². The Bertz CT molecular complexity index is 313. The normalized spacial score (nSPS) is 33.3. The predicted octanol–water partition coefficient (Wildman–Crippen LogP) is 2.70. The number of rotatable bonds is 3. The van der Waals surface area contributed by atoms with Crippen LogP contribution in [0.3, 0.4) is 0 Å². The molecule has 2 aliphatic heterocycles. The molecule has 2 N–H and O–H groups in total. The summed E-state index contributed by atoms with van der Waals surface area (Å²) in [5.74, 6) is 0. The summed E-state index contributed by atoms with van der Waals surface area (Å²) in [6.07, 6.45) is 6.53. The van der Waals surface area contributed by atoms with Crippen LogP contribution in [0.1, 0.15) is 59.8 Å². The molecule has 118 valence electrons. The standard InChI is InChI=1S/C17H35N3/c1-15(2)19-10-6-8-17(13-18,9-12-19)20-11-5-7-16(3,4)14-20/h15H,5-14,18H2,1-4H3. The van der Waals surface area contributed by atoms with Gasteiger partial charge in [-0.25, -0.2) is 0 Å². The summed E-state index contributed by atoms with van der Waals surface area (Å²) in [6.45, 7) is 15.2. The summed E-state index contributed by atoms with van der Waals surface area (Å²) in [7, 11) is 0. The lowest BCUT2D eigenvalue weighted by Gasteiger charge is -2.49. The molecule has 0 saturated carbocycles. The van der Waals surface area contributed by atoms with Gasteiger partial charge in [-0.15, -0.1) is 0 Å². The molecule has 0 amide bonds. The average Bonchev–Trinajstić information content (AvgIpc) is 2.60. The van der Waals surface area contributed by atoms with Gasteiger partial charge in [-0.3, -0.25) is 4.90 Å². The lowest BCUT2D eigenvalue weighted by molar-refractivity contribution is 0.00892. The van der Waals surface area contributed by atoms with Gasteiger partial charge in [-0.1, -0.05) is 13.8 Å². The van der Waals surface area contributed by atoms with Crippen molar-refractivity contribution in [2.75, 3.05) is 32.7 Å². The molecular weight excluding hydrogens is 246 g/mol. The van der Waals surface area contributed by atoms with Crippen LogP contribution < -0.4 is 5.73 Å². The van der Waals surface area contributed by atoms with Gasteiger partial charge in [0.05, 0.1) is 0 Å². The molecule has 0 radical (unpaired) electrons. The fraction of sp³-hybridized carbons (Fsp3) is 1.00. The third-order valence-electron chi connectivity index (χ3n) is 5.63. The van der Waals surface area contributed by atoms with Gasteiger partial charge in [-0.2, -0.15) is 0 Å². The Morgan fingerprint density at radius 3 is 2.30 bits per heavy atom. The molecule has 2 aliphatic rings. The Kier molecular flexibility index (Phi) is 5.14. The zero-order chi connectivity index (χ0) is 14.8. The van der Waals surface area contributed by atoms with Crippen molar-refractivity contribution < 1.29 is 0 Å². The molecule has 0 aliphatic carbocycles. The van der Waals surface area contributed by atoms with E-state index < -0.39 is 0 Å². The molecule has 0 bridgehead atoms. The Balaban J connectivity index is 2.09. The van der Waals surface area contributed by atoms with E-state index in [9.17, 15) is 0 Å². The Morgan fingerprint density at radius 1 is 1.00 bits per heavy atom. The first-order valence-electron chi connectivity index (χ1n) is 8.58. The Labute approximate surface area is 125 Å². The van der Waals surface area contributed by atoms with Gasteiger partial charge in [0, 0.05) is 31.2 Å². The van der Waals surface area contributed by atoms with Crippen molar-refractivity contribution in [3.05, 3.63) is 0 Å². The summed E-state index contributed by atoms with van der Waals surface area (Å²) >= 11 is 0. The van der Waals surface area contributed by atoms with Crippen molar-refractivity contribution in [3.63, 3.8) is 0 Å². The third-order valence-corrected chi connectivity index (χ3v) is 5.63. The molecule has 0 aromatic rings. The van der Waals surface area contributed by atoms with E-state index in [1.807, 2.05) is 0 Å². The largest absolute Gasteiger partial charge is 0.329 e. The second-order valence-electron chi connectivity index (χ2n) is 8.10. The molecule has 2 heterocycles. The minimum atomic E-state index is 0.265. The number of hydrogen-bond donors (Lipinski definition) is 1. The van der Waals surface area contributed by atoms with E-state index in [0.29, 0.717) is 11.5 Å². The van der Waals surface area contributed by atoms with Gasteiger partial charge in [0.15, 0.2) is 0 Å². The molecule has 0 aromatic heterocycles. The number of nitrogens with two attached hydrogens (primary N) is 1. The number of likely N-dealkylation sites (tertiary alicyclic amines) is 2. The summed E-state index contributed by atoms with van der Waals surface area (Å²) < 4.78 is 0. The van der Waals surface area contributed by atoms with Crippen LogP contribution in [-0.4, -0.2) is 54.1 Å². The van der Waals surface area contributed by atoms with Crippen LogP contribution in [0.2, 0.25) is 0 Å². The summed E-state index contributed by atoms with van der Waals surface area (Å²) in [5, 5.41) is 0. The highest BCUT2D eigenvalue weighted by atomic mass is 15.2. The molecule has 2 rings (SSSR count). The van der Waals surface area contributed by atoms with Crippen LogP contribution in [0.4, 0.5) is 0 Å². The first kappa shape index (κ1) is 16.3. The van der Waals surface area contributed by atoms with Crippen LogP contribution in [0.5, 0.6) is 0 Å². The van der Waals surface area contributed by atoms with Crippen molar-refractivity contribution in [3.8, 4) is 0 Å². The number of nitrogens with zero attached hydrogens (tertiary/aromatic N) is 2. The molecule has 3 nitrogen and oxygen atoms in total. The van der Waals surface area contributed by atoms with Crippen molar-refractivity contribution in [1.29, 1.82) is 0 Å². The molecule has 2 fully saturated rings. The van der Waals surface area contributed by atoms with Gasteiger partial charge in [-0.05, 0) is 64.5 Å². The highest BCUT2D eigenvalue weighted by Gasteiger charge is 2.41. The van der Waals surface area contributed by atoms with E-state index in [4.69, 9.17) is 5.73 Å². The highest BCUT2D eigenvalue weighted by molar-refractivity contribution is 4.98. The van der Waals surface area contributed by atoms with Crippen molar-refractivity contribution in [2.45, 2.75) is 71.4 Å². The SMILES string of the molecule is CC(C)N1CCCC(CN)(N2CCCC(C)(C)C2)CC1. The number of piperidine rings is 1. The van der Waals surface area contributed by atoms with Gasteiger partial charge in [0.1, 0.15) is 0 Å². The first-order valence-corrected chi connectivity index (χ1v) is 8.58. The van der Waals surface area contributed by atoms with E-state index in [1.165, 1.54) is 58.3 Å². The Morgan fingerprint density at radius 2 is 1.70 bits per heavy atom. The molecule has 1 atom stereocenters. The van der Waals surface area contributed by atoms with Gasteiger partial charge < -0.3 is 10.6 Å². The predicted molar refractivity (Wildman–Crippen MR) is 86.9 cm³/mol. The van der Waals surface area contributed by atoms with Gasteiger partial charge in [0.2, 0.25) is 0 Å². The smallest absolute Gasteiger partial charge is 0.0344 e. The quantitative estimate of drug-likeness (QED) is 0.863. The second kappa shape index (κ2) is 6.33. The molecule has 20 heavy (non-hydrogen) atoms. The summed E-state index contributed by atoms with van der Waals surface area (Å²) in [4.78, 5) is 5.38. The highest BCUT2D eigenvalue weighted by Crippen LogP contribution is 2.36. The first-order chi connectivity index (χ1) is 9.38. The third kappa shape index (κ3) is 3.55. The topological polar surface area (TPSA) is 32.5 Å². The van der Waals surface area contributed by atoms with E-state index in [1.54, 1.807) is 0 Å². The van der Waals surface area contributed by atoms with Crippen LogP contribution in [-0.2, 0) is 0 Å². The lowest BCUT2D eigenvalue weighted by Crippen LogP contribution is -2.58. The van der Waals surface area contributed by atoms with Crippen molar-refractivity contribution in [1.82, 2.24) is 9.80 Å². The summed E-state index contributed by atoms with van der Waals surface area (Å²) in [6, 6.07) is 0.668. The fourth-order valence-corrected chi connectivity index (χ4v) is 4.19. The molecule has 1 unspecified atom stereocenters. The van der Waals surface area contributed by atoms with E-state index in [-0.39, 0.29) is 5.54 Å². The molecular formula is C17H35N3. The molecule has 0 spiro atoms. The number of hydrogen-bond acceptors (Lipinski definition) is 3. The zero-order valence-corrected chi connectivity index (χ0v) is 14.1. The average molecular weight is 281 g/mol. The second-order valence-corrected chi connectivity index (χ2v) is 8.10. The summed E-state index contributed by atoms with van der Waals surface area (Å²) in [5.41, 5.74) is 7.02. The Hall–Kier alpha value is -0.120.